The van der Waals surface area contributed by atoms with Gasteiger partial charge in [0.15, 0.2) is 9.84 Å². The average Bonchev–Trinajstić information content (AvgIpc) is 2.01. The Labute approximate surface area is 77.2 Å². The standard InChI is InChI=1S/C7H13NO4S/c1-6(8(9)10)7-3-2-4-13(11,12)5-7/h6-7H,2-5H2,1H3. The van der Waals surface area contributed by atoms with E-state index in [-0.39, 0.29) is 17.4 Å². The smallest absolute Gasteiger partial charge is 0.214 e. The molecular weight excluding hydrogens is 194 g/mol. The summed E-state index contributed by atoms with van der Waals surface area (Å²) in [5, 5.41) is 10.4. The topological polar surface area (TPSA) is 77.3 Å². The van der Waals surface area contributed by atoms with Gasteiger partial charge in [0.1, 0.15) is 0 Å². The molecule has 0 amide bonds. The first-order chi connectivity index (χ1) is 5.92. The van der Waals surface area contributed by atoms with Gasteiger partial charge in [-0.05, 0) is 12.8 Å². The molecule has 0 aliphatic carbocycles. The fourth-order valence-electron chi connectivity index (χ4n) is 1.61. The van der Waals surface area contributed by atoms with Crippen molar-refractivity contribution in [2.45, 2.75) is 25.8 Å². The predicted octanol–water partition coefficient (Wildman–Crippen LogP) is 0.476. The zero-order valence-electron chi connectivity index (χ0n) is 7.47. The Morgan fingerprint density at radius 2 is 2.15 bits per heavy atom. The fourth-order valence-corrected chi connectivity index (χ4v) is 3.48. The molecular formula is C7H13NO4S. The van der Waals surface area contributed by atoms with Gasteiger partial charge in [0.25, 0.3) is 0 Å². The molecule has 1 fully saturated rings. The molecule has 2 atom stereocenters. The molecule has 1 rings (SSSR count). The van der Waals surface area contributed by atoms with Crippen molar-refractivity contribution in [2.75, 3.05) is 11.5 Å². The molecule has 0 aromatic heterocycles. The minimum atomic E-state index is -3.01. The lowest BCUT2D eigenvalue weighted by Gasteiger charge is -2.22. The van der Waals surface area contributed by atoms with Gasteiger partial charge in [0, 0.05) is 17.8 Å². The lowest BCUT2D eigenvalue weighted by Crippen LogP contribution is -2.35. The Hall–Kier alpha value is -0.650. The van der Waals surface area contributed by atoms with E-state index in [4.69, 9.17) is 0 Å². The van der Waals surface area contributed by atoms with Gasteiger partial charge in [-0.3, -0.25) is 10.1 Å². The predicted molar refractivity (Wildman–Crippen MR) is 47.8 cm³/mol. The van der Waals surface area contributed by atoms with Gasteiger partial charge in [-0.25, -0.2) is 8.42 Å². The third kappa shape index (κ3) is 2.65. The molecule has 0 saturated carbocycles. The van der Waals surface area contributed by atoms with Gasteiger partial charge in [-0.2, -0.15) is 0 Å². The quantitative estimate of drug-likeness (QED) is 0.487. The molecule has 5 nitrogen and oxygen atoms in total. The van der Waals surface area contributed by atoms with Crippen LogP contribution < -0.4 is 0 Å². The van der Waals surface area contributed by atoms with Crippen LogP contribution in [-0.4, -0.2) is 30.9 Å². The van der Waals surface area contributed by atoms with E-state index < -0.39 is 20.8 Å². The van der Waals surface area contributed by atoms with E-state index in [1.54, 1.807) is 0 Å². The Kier molecular flexibility index (Phi) is 2.90. The maximum Gasteiger partial charge on any atom is 0.214 e. The third-order valence-corrected chi connectivity index (χ3v) is 4.36. The van der Waals surface area contributed by atoms with Crippen molar-refractivity contribution in [2.24, 2.45) is 5.92 Å². The molecule has 0 bridgehead atoms. The molecule has 13 heavy (non-hydrogen) atoms. The summed E-state index contributed by atoms with van der Waals surface area (Å²) in [7, 11) is -3.01. The van der Waals surface area contributed by atoms with Crippen LogP contribution in [0.15, 0.2) is 0 Å². The summed E-state index contributed by atoms with van der Waals surface area (Å²) in [6.07, 6.45) is 1.21. The van der Waals surface area contributed by atoms with E-state index in [0.29, 0.717) is 12.8 Å². The van der Waals surface area contributed by atoms with E-state index in [9.17, 15) is 18.5 Å². The summed E-state index contributed by atoms with van der Waals surface area (Å²) in [6, 6.07) is -0.741. The van der Waals surface area contributed by atoms with Crippen LogP contribution in [0.25, 0.3) is 0 Å². The Morgan fingerprint density at radius 1 is 1.54 bits per heavy atom. The monoisotopic (exact) mass is 207 g/mol. The maximum absolute atomic E-state index is 11.2. The Morgan fingerprint density at radius 3 is 2.62 bits per heavy atom. The van der Waals surface area contributed by atoms with E-state index in [2.05, 4.69) is 0 Å². The molecule has 2 unspecified atom stereocenters. The molecule has 0 spiro atoms. The summed E-state index contributed by atoms with van der Waals surface area (Å²) in [4.78, 5) is 10.0. The van der Waals surface area contributed by atoms with E-state index >= 15 is 0 Å². The molecule has 6 heteroatoms. The highest BCUT2D eigenvalue weighted by Crippen LogP contribution is 2.22. The van der Waals surface area contributed by atoms with Gasteiger partial charge in [-0.1, -0.05) is 0 Å². The summed E-state index contributed by atoms with van der Waals surface area (Å²) >= 11 is 0. The SMILES string of the molecule is CC(C1CCCS(=O)(=O)C1)[N+](=O)[O-]. The number of nitro groups is 1. The van der Waals surface area contributed by atoms with Gasteiger partial charge in [-0.15, -0.1) is 0 Å². The van der Waals surface area contributed by atoms with Crippen LogP contribution in [0.5, 0.6) is 0 Å². The van der Waals surface area contributed by atoms with Crippen LogP contribution in [0.2, 0.25) is 0 Å². The van der Waals surface area contributed by atoms with Crippen LogP contribution in [-0.2, 0) is 9.84 Å². The lowest BCUT2D eigenvalue weighted by atomic mass is 9.98. The van der Waals surface area contributed by atoms with Crippen LogP contribution >= 0.6 is 0 Å². The van der Waals surface area contributed by atoms with Gasteiger partial charge in [0.05, 0.1) is 11.5 Å². The normalized spacial score (nSPS) is 29.5. The number of nitrogens with zero attached hydrogens (tertiary/aromatic N) is 1. The summed E-state index contributed by atoms with van der Waals surface area (Å²) < 4.78 is 22.3. The minimum Gasteiger partial charge on any atom is -0.264 e. The van der Waals surface area contributed by atoms with Crippen molar-refractivity contribution in [3.05, 3.63) is 10.1 Å². The summed E-state index contributed by atoms with van der Waals surface area (Å²) in [5.41, 5.74) is 0. The van der Waals surface area contributed by atoms with Crippen LogP contribution in [0.1, 0.15) is 19.8 Å². The molecule has 0 N–H and O–H groups in total. The third-order valence-electron chi connectivity index (χ3n) is 2.51. The molecule has 1 saturated heterocycles. The fraction of sp³-hybridized carbons (Fsp3) is 1.00. The van der Waals surface area contributed by atoms with Crippen molar-refractivity contribution in [3.8, 4) is 0 Å². The minimum absolute atomic E-state index is 0.0187. The summed E-state index contributed by atoms with van der Waals surface area (Å²) in [5.74, 6) is -0.128. The maximum atomic E-state index is 11.2. The van der Waals surface area contributed by atoms with Crippen molar-refractivity contribution in [3.63, 3.8) is 0 Å². The molecule has 1 aliphatic heterocycles. The van der Waals surface area contributed by atoms with Gasteiger partial charge < -0.3 is 0 Å². The molecule has 1 heterocycles. The van der Waals surface area contributed by atoms with Crippen molar-refractivity contribution in [1.82, 2.24) is 0 Å². The molecule has 1 aliphatic rings. The first-order valence-corrected chi connectivity index (χ1v) is 6.08. The van der Waals surface area contributed by atoms with Gasteiger partial charge in [0.2, 0.25) is 6.04 Å². The largest absolute Gasteiger partial charge is 0.264 e. The van der Waals surface area contributed by atoms with E-state index in [1.165, 1.54) is 6.92 Å². The summed E-state index contributed by atoms with van der Waals surface area (Å²) in [6.45, 7) is 1.48. The van der Waals surface area contributed by atoms with Crippen molar-refractivity contribution in [1.29, 1.82) is 0 Å². The van der Waals surface area contributed by atoms with Crippen LogP contribution in [0.3, 0.4) is 0 Å². The Bertz CT molecular complexity index is 298. The molecule has 0 aromatic rings. The Balaban J connectivity index is 2.67. The highest BCUT2D eigenvalue weighted by Gasteiger charge is 2.34. The molecule has 0 radical (unpaired) electrons. The zero-order chi connectivity index (χ0) is 10.1. The molecule has 0 aromatic carbocycles. The van der Waals surface area contributed by atoms with E-state index in [0.717, 1.165) is 0 Å². The highest BCUT2D eigenvalue weighted by molar-refractivity contribution is 7.91. The second-order valence-corrected chi connectivity index (χ2v) is 5.77. The van der Waals surface area contributed by atoms with Crippen molar-refractivity contribution >= 4 is 9.84 Å². The first kappa shape index (κ1) is 10.4. The average molecular weight is 207 g/mol. The first-order valence-electron chi connectivity index (χ1n) is 4.26. The number of rotatable bonds is 2. The van der Waals surface area contributed by atoms with Gasteiger partial charge >= 0.3 is 0 Å². The zero-order valence-corrected chi connectivity index (χ0v) is 8.29. The van der Waals surface area contributed by atoms with Crippen LogP contribution in [0, 0.1) is 16.0 Å². The van der Waals surface area contributed by atoms with Crippen molar-refractivity contribution < 1.29 is 13.3 Å². The molecule has 76 valence electrons. The second-order valence-electron chi connectivity index (χ2n) is 3.54. The number of hydrogen-bond donors (Lipinski definition) is 0. The highest BCUT2D eigenvalue weighted by atomic mass is 32.2. The number of hydrogen-bond acceptors (Lipinski definition) is 4. The number of sulfone groups is 1. The van der Waals surface area contributed by atoms with E-state index in [1.807, 2.05) is 0 Å². The second kappa shape index (κ2) is 3.61. The lowest BCUT2D eigenvalue weighted by molar-refractivity contribution is -0.526. The van der Waals surface area contributed by atoms with Crippen LogP contribution in [0.4, 0.5) is 0 Å².